The lowest BCUT2D eigenvalue weighted by Crippen LogP contribution is -2.35. The van der Waals surface area contributed by atoms with E-state index in [-0.39, 0.29) is 29.0 Å². The minimum atomic E-state index is -0.740. The summed E-state index contributed by atoms with van der Waals surface area (Å²) in [6, 6.07) is 4.36. The molecule has 26 heavy (non-hydrogen) atoms. The third kappa shape index (κ3) is 4.09. The molecule has 1 saturated carbocycles. The van der Waals surface area contributed by atoms with Crippen molar-refractivity contribution < 1.29 is 18.7 Å². The maximum absolute atomic E-state index is 14.4. The SMILES string of the molecule is CC1=C(C(=O)OC2CCCCCC2)[C@H](c2c(F)cccc2Cl)CC(=O)N1. The van der Waals surface area contributed by atoms with Gasteiger partial charge in [-0.15, -0.1) is 0 Å². The molecule has 0 spiro atoms. The van der Waals surface area contributed by atoms with E-state index in [0.29, 0.717) is 11.3 Å². The van der Waals surface area contributed by atoms with E-state index in [9.17, 15) is 14.0 Å². The Morgan fingerprint density at radius 2 is 1.92 bits per heavy atom. The fourth-order valence-electron chi connectivity index (χ4n) is 3.84. The lowest BCUT2D eigenvalue weighted by Gasteiger charge is -2.28. The number of nitrogens with one attached hydrogen (secondary N) is 1. The third-order valence-electron chi connectivity index (χ3n) is 5.11. The van der Waals surface area contributed by atoms with Crippen LogP contribution in [0.4, 0.5) is 4.39 Å². The monoisotopic (exact) mass is 379 g/mol. The minimum Gasteiger partial charge on any atom is -0.459 e. The van der Waals surface area contributed by atoms with E-state index in [1.54, 1.807) is 13.0 Å². The summed E-state index contributed by atoms with van der Waals surface area (Å²) in [7, 11) is 0. The van der Waals surface area contributed by atoms with Gasteiger partial charge in [-0.3, -0.25) is 4.79 Å². The number of esters is 1. The summed E-state index contributed by atoms with van der Waals surface area (Å²) in [5.41, 5.74) is 0.876. The van der Waals surface area contributed by atoms with Crippen LogP contribution in [-0.4, -0.2) is 18.0 Å². The molecule has 0 aromatic heterocycles. The molecular weight excluding hydrogens is 357 g/mol. The fraction of sp³-hybridized carbons (Fsp3) is 0.500. The zero-order valence-corrected chi connectivity index (χ0v) is 15.6. The summed E-state index contributed by atoms with van der Waals surface area (Å²) in [6.07, 6.45) is 5.90. The predicted octanol–water partition coefficient (Wildman–Crippen LogP) is 4.62. The van der Waals surface area contributed by atoms with Crippen molar-refractivity contribution in [3.63, 3.8) is 0 Å². The molecule has 1 aromatic rings. The molecule has 0 bridgehead atoms. The van der Waals surface area contributed by atoms with Gasteiger partial charge in [0.25, 0.3) is 0 Å². The van der Waals surface area contributed by atoms with Crippen molar-refractivity contribution in [1.82, 2.24) is 5.32 Å². The van der Waals surface area contributed by atoms with E-state index >= 15 is 0 Å². The Morgan fingerprint density at radius 1 is 1.23 bits per heavy atom. The van der Waals surface area contributed by atoms with Gasteiger partial charge >= 0.3 is 5.97 Å². The quantitative estimate of drug-likeness (QED) is 0.615. The van der Waals surface area contributed by atoms with Crippen molar-refractivity contribution in [3.8, 4) is 0 Å². The van der Waals surface area contributed by atoms with Gasteiger partial charge in [-0.2, -0.15) is 0 Å². The number of amides is 1. The number of carbonyl (C=O) groups is 2. The second-order valence-electron chi connectivity index (χ2n) is 7.00. The van der Waals surface area contributed by atoms with Crippen molar-refractivity contribution in [3.05, 3.63) is 45.9 Å². The zero-order chi connectivity index (χ0) is 18.7. The highest BCUT2D eigenvalue weighted by Crippen LogP contribution is 2.39. The standard InChI is InChI=1S/C20H23ClFNO3/c1-12-18(20(25)26-13-7-4-2-3-5-8-13)14(11-17(24)23-12)19-15(21)9-6-10-16(19)22/h6,9-10,13-14H,2-5,7-8,11H2,1H3,(H,23,24)/t14-/m1/s1. The Balaban J connectivity index is 1.91. The van der Waals surface area contributed by atoms with Crippen molar-refractivity contribution in [2.75, 3.05) is 0 Å². The van der Waals surface area contributed by atoms with Gasteiger partial charge in [0.2, 0.25) is 5.91 Å². The van der Waals surface area contributed by atoms with Gasteiger partial charge in [0, 0.05) is 28.6 Å². The first-order chi connectivity index (χ1) is 12.5. The van der Waals surface area contributed by atoms with E-state index in [2.05, 4.69) is 5.32 Å². The first kappa shape index (κ1) is 18.9. The highest BCUT2D eigenvalue weighted by atomic mass is 35.5. The van der Waals surface area contributed by atoms with Gasteiger partial charge in [0.1, 0.15) is 11.9 Å². The molecule has 0 saturated heterocycles. The summed E-state index contributed by atoms with van der Waals surface area (Å²) in [5, 5.41) is 2.88. The topological polar surface area (TPSA) is 55.4 Å². The van der Waals surface area contributed by atoms with Gasteiger partial charge in [-0.1, -0.05) is 30.5 Å². The van der Waals surface area contributed by atoms with Gasteiger partial charge in [-0.25, -0.2) is 9.18 Å². The molecule has 0 unspecified atom stereocenters. The maximum Gasteiger partial charge on any atom is 0.336 e. The van der Waals surface area contributed by atoms with E-state index in [0.717, 1.165) is 38.5 Å². The Hall–Kier alpha value is -1.88. The van der Waals surface area contributed by atoms with Crippen molar-refractivity contribution >= 4 is 23.5 Å². The number of carbonyl (C=O) groups excluding carboxylic acids is 2. The van der Waals surface area contributed by atoms with E-state index in [1.807, 2.05) is 0 Å². The molecule has 1 heterocycles. The lowest BCUT2D eigenvalue weighted by atomic mass is 9.84. The first-order valence-electron chi connectivity index (χ1n) is 9.13. The Bertz CT molecular complexity index is 718. The Kier molecular flexibility index (Phi) is 5.97. The van der Waals surface area contributed by atoms with Crippen LogP contribution < -0.4 is 5.32 Å². The molecule has 0 radical (unpaired) electrons. The van der Waals surface area contributed by atoms with Gasteiger partial charge in [0.15, 0.2) is 0 Å². The first-order valence-corrected chi connectivity index (χ1v) is 9.50. The second kappa shape index (κ2) is 8.21. The molecule has 140 valence electrons. The van der Waals surface area contributed by atoms with Crippen LogP contribution in [0.15, 0.2) is 29.5 Å². The van der Waals surface area contributed by atoms with E-state index in [4.69, 9.17) is 16.3 Å². The predicted molar refractivity (Wildman–Crippen MR) is 97.2 cm³/mol. The number of ether oxygens (including phenoxy) is 1. The zero-order valence-electron chi connectivity index (χ0n) is 14.8. The van der Waals surface area contributed by atoms with Crippen LogP contribution in [0.5, 0.6) is 0 Å². The molecule has 1 fully saturated rings. The van der Waals surface area contributed by atoms with Crippen molar-refractivity contribution in [2.45, 2.75) is 63.9 Å². The molecule has 1 aliphatic heterocycles. The number of benzene rings is 1. The molecule has 4 nitrogen and oxygen atoms in total. The molecule has 6 heteroatoms. The molecule has 1 atom stereocenters. The van der Waals surface area contributed by atoms with E-state index in [1.165, 1.54) is 12.1 Å². The van der Waals surface area contributed by atoms with Crippen LogP contribution >= 0.6 is 11.6 Å². The van der Waals surface area contributed by atoms with Crippen LogP contribution in [-0.2, 0) is 14.3 Å². The lowest BCUT2D eigenvalue weighted by molar-refractivity contribution is -0.145. The highest BCUT2D eigenvalue weighted by molar-refractivity contribution is 6.31. The normalized spacial score (nSPS) is 22.0. The molecular formula is C20H23ClFNO3. The maximum atomic E-state index is 14.4. The highest BCUT2D eigenvalue weighted by Gasteiger charge is 2.36. The summed E-state index contributed by atoms with van der Waals surface area (Å²) in [4.78, 5) is 24.9. The summed E-state index contributed by atoms with van der Waals surface area (Å²) < 4.78 is 20.2. The molecule has 1 amide bonds. The number of hydrogen-bond donors (Lipinski definition) is 1. The average Bonchev–Trinajstić information content (AvgIpc) is 2.82. The number of rotatable bonds is 3. The van der Waals surface area contributed by atoms with Crippen molar-refractivity contribution in [1.29, 1.82) is 0 Å². The fourth-order valence-corrected chi connectivity index (χ4v) is 4.13. The van der Waals surface area contributed by atoms with E-state index < -0.39 is 17.7 Å². The third-order valence-corrected chi connectivity index (χ3v) is 5.44. The number of allylic oxidation sites excluding steroid dienone is 1. The van der Waals surface area contributed by atoms with Gasteiger partial charge in [0.05, 0.1) is 5.57 Å². The van der Waals surface area contributed by atoms with Crippen molar-refractivity contribution in [2.24, 2.45) is 0 Å². The summed E-state index contributed by atoms with van der Waals surface area (Å²) >= 11 is 6.20. The largest absolute Gasteiger partial charge is 0.459 e. The molecule has 1 N–H and O–H groups in total. The summed E-state index contributed by atoms with van der Waals surface area (Å²) in [6.45, 7) is 1.64. The average molecular weight is 380 g/mol. The van der Waals surface area contributed by atoms with Crippen LogP contribution in [0.1, 0.15) is 63.4 Å². The number of halogens is 2. The Labute approximate surface area is 157 Å². The summed E-state index contributed by atoms with van der Waals surface area (Å²) in [5.74, 6) is -2.02. The van der Waals surface area contributed by atoms with Gasteiger partial charge in [-0.05, 0) is 44.7 Å². The second-order valence-corrected chi connectivity index (χ2v) is 7.40. The van der Waals surface area contributed by atoms with Crippen LogP contribution in [0.2, 0.25) is 5.02 Å². The Morgan fingerprint density at radius 3 is 2.58 bits per heavy atom. The van der Waals surface area contributed by atoms with Crippen LogP contribution in [0.3, 0.4) is 0 Å². The van der Waals surface area contributed by atoms with Crippen LogP contribution in [0.25, 0.3) is 0 Å². The molecule has 2 aliphatic rings. The molecule has 1 aromatic carbocycles. The van der Waals surface area contributed by atoms with Gasteiger partial charge < -0.3 is 10.1 Å². The minimum absolute atomic E-state index is 0.0346. The number of hydrogen-bond acceptors (Lipinski definition) is 3. The smallest absolute Gasteiger partial charge is 0.336 e. The molecule has 1 aliphatic carbocycles. The molecule has 3 rings (SSSR count). The van der Waals surface area contributed by atoms with Crippen LogP contribution in [0, 0.1) is 5.82 Å².